The van der Waals surface area contributed by atoms with Crippen LogP contribution < -0.4 is 0 Å². The van der Waals surface area contributed by atoms with Gasteiger partial charge in [-0.3, -0.25) is 4.68 Å². The SMILES string of the molecule is COCCn1nc(C(=O)O)cc1-c1ccc(C(C)(C)C)cc1. The molecule has 2 aromatic rings. The van der Waals surface area contributed by atoms with Crippen molar-refractivity contribution >= 4 is 5.97 Å². The van der Waals surface area contributed by atoms with Gasteiger partial charge in [-0.15, -0.1) is 0 Å². The smallest absolute Gasteiger partial charge is 0.356 e. The van der Waals surface area contributed by atoms with Gasteiger partial charge in [0.15, 0.2) is 5.69 Å². The minimum absolute atomic E-state index is 0.0472. The van der Waals surface area contributed by atoms with Crippen LogP contribution in [0.2, 0.25) is 0 Å². The zero-order chi connectivity index (χ0) is 16.3. The van der Waals surface area contributed by atoms with Crippen molar-refractivity contribution in [3.63, 3.8) is 0 Å². The van der Waals surface area contributed by atoms with Crippen LogP contribution in [0.3, 0.4) is 0 Å². The summed E-state index contributed by atoms with van der Waals surface area (Å²) in [7, 11) is 1.61. The number of carbonyl (C=O) groups is 1. The summed E-state index contributed by atoms with van der Waals surface area (Å²) in [5, 5.41) is 13.3. The first-order valence-corrected chi connectivity index (χ1v) is 7.24. The average molecular weight is 302 g/mol. The van der Waals surface area contributed by atoms with E-state index in [1.54, 1.807) is 17.9 Å². The van der Waals surface area contributed by atoms with Crippen LogP contribution in [0.15, 0.2) is 30.3 Å². The molecule has 1 aromatic heterocycles. The molecule has 0 atom stereocenters. The van der Waals surface area contributed by atoms with E-state index in [-0.39, 0.29) is 11.1 Å². The van der Waals surface area contributed by atoms with Crippen LogP contribution in [-0.4, -0.2) is 34.6 Å². The molecule has 0 saturated heterocycles. The third kappa shape index (κ3) is 3.54. The summed E-state index contributed by atoms with van der Waals surface area (Å²) in [6.07, 6.45) is 0. The third-order valence-corrected chi connectivity index (χ3v) is 3.55. The first kappa shape index (κ1) is 16.2. The molecule has 1 aromatic carbocycles. The van der Waals surface area contributed by atoms with E-state index < -0.39 is 5.97 Å². The lowest BCUT2D eigenvalue weighted by molar-refractivity contribution is 0.0689. The zero-order valence-corrected chi connectivity index (χ0v) is 13.5. The molecule has 0 aliphatic heterocycles. The molecule has 0 bridgehead atoms. The van der Waals surface area contributed by atoms with E-state index in [9.17, 15) is 4.79 Å². The van der Waals surface area contributed by atoms with E-state index in [4.69, 9.17) is 9.84 Å². The van der Waals surface area contributed by atoms with Crippen LogP contribution in [0, 0.1) is 0 Å². The summed E-state index contributed by atoms with van der Waals surface area (Å²) in [4.78, 5) is 11.2. The Labute approximate surface area is 130 Å². The van der Waals surface area contributed by atoms with Gasteiger partial charge >= 0.3 is 5.97 Å². The van der Waals surface area contributed by atoms with Gasteiger partial charge < -0.3 is 9.84 Å². The Morgan fingerprint density at radius 1 is 1.27 bits per heavy atom. The number of ether oxygens (including phenoxy) is 1. The molecule has 0 aliphatic carbocycles. The highest BCUT2D eigenvalue weighted by Gasteiger charge is 2.16. The van der Waals surface area contributed by atoms with Gasteiger partial charge in [-0.2, -0.15) is 5.10 Å². The molecular formula is C17H22N2O3. The maximum atomic E-state index is 11.2. The van der Waals surface area contributed by atoms with Crippen LogP contribution >= 0.6 is 0 Å². The molecule has 0 fully saturated rings. The number of rotatable bonds is 5. The van der Waals surface area contributed by atoms with Gasteiger partial charge in [0.2, 0.25) is 0 Å². The highest BCUT2D eigenvalue weighted by molar-refractivity contribution is 5.87. The standard InChI is InChI=1S/C17H22N2O3/c1-17(2,3)13-7-5-12(6-8-13)15-11-14(16(20)21)18-19(15)9-10-22-4/h5-8,11H,9-10H2,1-4H3,(H,20,21). The topological polar surface area (TPSA) is 64.4 Å². The number of aromatic nitrogens is 2. The van der Waals surface area contributed by atoms with Crippen molar-refractivity contribution in [1.82, 2.24) is 9.78 Å². The molecule has 118 valence electrons. The largest absolute Gasteiger partial charge is 0.476 e. The second-order valence-electron chi connectivity index (χ2n) is 6.26. The van der Waals surface area contributed by atoms with Crippen molar-refractivity contribution in [3.05, 3.63) is 41.6 Å². The van der Waals surface area contributed by atoms with Gasteiger partial charge in [-0.25, -0.2) is 4.79 Å². The molecule has 0 amide bonds. The Kier molecular flexibility index (Phi) is 4.66. The van der Waals surface area contributed by atoms with Crippen LogP contribution in [0.25, 0.3) is 11.3 Å². The van der Waals surface area contributed by atoms with Gasteiger partial charge in [0.05, 0.1) is 18.8 Å². The van der Waals surface area contributed by atoms with Gasteiger partial charge in [0, 0.05) is 7.11 Å². The molecular weight excluding hydrogens is 280 g/mol. The van der Waals surface area contributed by atoms with Crippen LogP contribution in [0.4, 0.5) is 0 Å². The molecule has 2 rings (SSSR count). The summed E-state index contributed by atoms with van der Waals surface area (Å²) in [6.45, 7) is 7.47. The molecule has 5 heteroatoms. The van der Waals surface area contributed by atoms with Crippen LogP contribution in [0.1, 0.15) is 36.8 Å². The van der Waals surface area contributed by atoms with E-state index >= 15 is 0 Å². The van der Waals surface area contributed by atoms with E-state index in [2.05, 4.69) is 38.0 Å². The molecule has 0 spiro atoms. The number of carboxylic acid groups (broad SMARTS) is 1. The summed E-state index contributed by atoms with van der Waals surface area (Å²) in [5.41, 5.74) is 3.10. The van der Waals surface area contributed by atoms with E-state index in [1.807, 2.05) is 12.1 Å². The molecule has 5 nitrogen and oxygen atoms in total. The number of methoxy groups -OCH3 is 1. The van der Waals surface area contributed by atoms with E-state index in [1.165, 1.54) is 5.56 Å². The minimum atomic E-state index is -1.02. The fourth-order valence-corrected chi connectivity index (χ4v) is 2.24. The van der Waals surface area contributed by atoms with Gasteiger partial charge in [-0.1, -0.05) is 45.0 Å². The monoisotopic (exact) mass is 302 g/mol. The average Bonchev–Trinajstić information content (AvgIpc) is 2.88. The van der Waals surface area contributed by atoms with Crippen molar-refractivity contribution in [3.8, 4) is 11.3 Å². The fourth-order valence-electron chi connectivity index (χ4n) is 2.24. The quantitative estimate of drug-likeness (QED) is 0.921. The maximum absolute atomic E-state index is 11.2. The van der Waals surface area contributed by atoms with E-state index in [0.29, 0.717) is 13.2 Å². The van der Waals surface area contributed by atoms with Crippen molar-refractivity contribution in [2.45, 2.75) is 32.7 Å². The predicted octanol–water partition coefficient (Wildman–Crippen LogP) is 3.19. The first-order valence-electron chi connectivity index (χ1n) is 7.24. The van der Waals surface area contributed by atoms with Gasteiger partial charge in [0.1, 0.15) is 0 Å². The molecule has 0 unspecified atom stereocenters. The van der Waals surface area contributed by atoms with Crippen LogP contribution in [-0.2, 0) is 16.7 Å². The summed E-state index contributed by atoms with van der Waals surface area (Å²) >= 11 is 0. The Balaban J connectivity index is 2.39. The number of hydrogen-bond acceptors (Lipinski definition) is 3. The zero-order valence-electron chi connectivity index (χ0n) is 13.5. The maximum Gasteiger partial charge on any atom is 0.356 e. The Morgan fingerprint density at radius 2 is 1.91 bits per heavy atom. The molecule has 0 saturated carbocycles. The molecule has 0 radical (unpaired) electrons. The molecule has 22 heavy (non-hydrogen) atoms. The predicted molar refractivity (Wildman–Crippen MR) is 85.2 cm³/mol. The lowest BCUT2D eigenvalue weighted by Gasteiger charge is -2.19. The number of nitrogens with zero attached hydrogens (tertiary/aromatic N) is 2. The highest BCUT2D eigenvalue weighted by Crippen LogP contribution is 2.26. The van der Waals surface area contributed by atoms with Gasteiger partial charge in [0.25, 0.3) is 0 Å². The summed E-state index contributed by atoms with van der Waals surface area (Å²) in [5.74, 6) is -1.02. The van der Waals surface area contributed by atoms with Crippen molar-refractivity contribution in [2.24, 2.45) is 0 Å². The highest BCUT2D eigenvalue weighted by atomic mass is 16.5. The lowest BCUT2D eigenvalue weighted by atomic mass is 9.86. The Morgan fingerprint density at radius 3 is 2.41 bits per heavy atom. The summed E-state index contributed by atoms with van der Waals surface area (Å²) in [6, 6.07) is 9.76. The Hall–Kier alpha value is -2.14. The second-order valence-corrected chi connectivity index (χ2v) is 6.26. The fraction of sp³-hybridized carbons (Fsp3) is 0.412. The van der Waals surface area contributed by atoms with Gasteiger partial charge in [-0.05, 0) is 22.6 Å². The molecule has 0 aliphatic rings. The number of carboxylic acids is 1. The number of hydrogen-bond donors (Lipinski definition) is 1. The van der Waals surface area contributed by atoms with Crippen molar-refractivity contribution in [1.29, 1.82) is 0 Å². The second kappa shape index (κ2) is 6.32. The third-order valence-electron chi connectivity index (χ3n) is 3.55. The minimum Gasteiger partial charge on any atom is -0.476 e. The van der Waals surface area contributed by atoms with E-state index in [0.717, 1.165) is 11.3 Å². The van der Waals surface area contributed by atoms with Crippen molar-refractivity contribution in [2.75, 3.05) is 13.7 Å². The van der Waals surface area contributed by atoms with Crippen molar-refractivity contribution < 1.29 is 14.6 Å². The lowest BCUT2D eigenvalue weighted by Crippen LogP contribution is -2.11. The number of aromatic carboxylic acids is 1. The normalized spacial score (nSPS) is 11.6. The first-order chi connectivity index (χ1) is 10.3. The molecule has 1 heterocycles. The molecule has 1 N–H and O–H groups in total. The number of benzene rings is 1. The Bertz CT molecular complexity index is 652. The van der Waals surface area contributed by atoms with Crippen LogP contribution in [0.5, 0.6) is 0 Å². The summed E-state index contributed by atoms with van der Waals surface area (Å²) < 4.78 is 6.74.